The summed E-state index contributed by atoms with van der Waals surface area (Å²) in [4.78, 5) is 4.26. The maximum Gasteiger partial charge on any atom is 0.188 e. The van der Waals surface area contributed by atoms with E-state index in [0.29, 0.717) is 18.7 Å². The lowest BCUT2D eigenvalue weighted by Crippen LogP contribution is -2.40. The highest BCUT2D eigenvalue weighted by Crippen LogP contribution is 2.14. The lowest BCUT2D eigenvalue weighted by molar-refractivity contribution is 0.106. The molecule has 1 fully saturated rings. The monoisotopic (exact) mass is 229 g/mol. The zero-order valence-corrected chi connectivity index (χ0v) is 10.2. The summed E-state index contributed by atoms with van der Waals surface area (Å²) in [5.74, 6) is 0.488. The molecule has 0 bridgehead atoms. The molecule has 0 aliphatic carbocycles. The molecule has 0 amide bonds. The predicted octanol–water partition coefficient (Wildman–Crippen LogP) is 0.495. The molecule has 5 heteroatoms. The minimum absolute atomic E-state index is 0.191. The molecule has 2 unspecified atom stereocenters. The molecule has 2 atom stereocenters. The molecule has 1 heterocycles. The number of methoxy groups -OCH3 is 1. The largest absolute Gasteiger partial charge is 0.383 e. The Bertz CT molecular complexity index is 215. The molecule has 16 heavy (non-hydrogen) atoms. The van der Waals surface area contributed by atoms with Gasteiger partial charge in [-0.2, -0.15) is 0 Å². The highest BCUT2D eigenvalue weighted by atomic mass is 16.5. The van der Waals surface area contributed by atoms with Crippen LogP contribution in [0.5, 0.6) is 0 Å². The number of nitrogens with zero attached hydrogens (tertiary/aromatic N) is 1. The molecule has 5 nitrogen and oxygen atoms in total. The summed E-state index contributed by atoms with van der Waals surface area (Å²) in [6.07, 6.45) is 3.67. The number of ether oxygens (including phenoxy) is 2. The molecular weight excluding hydrogens is 206 g/mol. The van der Waals surface area contributed by atoms with Gasteiger partial charge in [0.1, 0.15) is 0 Å². The lowest BCUT2D eigenvalue weighted by Gasteiger charge is -2.13. The van der Waals surface area contributed by atoms with Gasteiger partial charge in [-0.25, -0.2) is 0 Å². The van der Waals surface area contributed by atoms with Crippen LogP contribution < -0.4 is 11.1 Å². The fourth-order valence-corrected chi connectivity index (χ4v) is 1.79. The first-order valence-electron chi connectivity index (χ1n) is 5.89. The van der Waals surface area contributed by atoms with Gasteiger partial charge in [-0.3, -0.25) is 4.99 Å². The third kappa shape index (κ3) is 5.32. The number of nitrogens with two attached hydrogens (primary N) is 1. The molecule has 1 rings (SSSR count). The van der Waals surface area contributed by atoms with Crippen molar-refractivity contribution in [2.45, 2.75) is 38.3 Å². The quantitative estimate of drug-likeness (QED) is 0.514. The number of hydrogen-bond donors (Lipinski definition) is 2. The van der Waals surface area contributed by atoms with Gasteiger partial charge in [-0.15, -0.1) is 0 Å². The average Bonchev–Trinajstić information content (AvgIpc) is 2.70. The molecule has 0 aromatic carbocycles. The van der Waals surface area contributed by atoms with Crippen molar-refractivity contribution in [3.8, 4) is 0 Å². The summed E-state index contributed by atoms with van der Waals surface area (Å²) in [6, 6.07) is 0.191. The second-order valence-electron chi connectivity index (χ2n) is 4.19. The second-order valence-corrected chi connectivity index (χ2v) is 4.19. The summed E-state index contributed by atoms with van der Waals surface area (Å²) in [5.41, 5.74) is 5.73. The Morgan fingerprint density at radius 2 is 2.50 bits per heavy atom. The summed E-state index contributed by atoms with van der Waals surface area (Å²) in [5, 5.41) is 3.07. The van der Waals surface area contributed by atoms with Crippen molar-refractivity contribution in [2.75, 3.05) is 26.9 Å². The third-order valence-corrected chi connectivity index (χ3v) is 2.57. The van der Waals surface area contributed by atoms with Gasteiger partial charge in [0, 0.05) is 26.3 Å². The van der Waals surface area contributed by atoms with Gasteiger partial charge >= 0.3 is 0 Å². The summed E-state index contributed by atoms with van der Waals surface area (Å²) in [6.45, 7) is 4.25. The molecule has 0 spiro atoms. The van der Waals surface area contributed by atoms with Crippen LogP contribution in [0.4, 0.5) is 0 Å². The topological polar surface area (TPSA) is 68.9 Å². The van der Waals surface area contributed by atoms with Crippen LogP contribution in [-0.2, 0) is 9.47 Å². The number of rotatable bonds is 6. The summed E-state index contributed by atoms with van der Waals surface area (Å²) >= 11 is 0. The standard InChI is InChI=1S/C11H23N3O2/c1-9(8-15-2)14-11(12)13-6-5-10-4-3-7-16-10/h9-10H,3-8H2,1-2H3,(H3,12,13,14). The molecular formula is C11H23N3O2. The number of hydrogen-bond acceptors (Lipinski definition) is 3. The Balaban J connectivity index is 2.12. The van der Waals surface area contributed by atoms with Gasteiger partial charge in [0.15, 0.2) is 5.96 Å². The van der Waals surface area contributed by atoms with E-state index in [0.717, 1.165) is 26.0 Å². The Morgan fingerprint density at radius 3 is 3.12 bits per heavy atom. The lowest BCUT2D eigenvalue weighted by atomic mass is 10.2. The van der Waals surface area contributed by atoms with E-state index in [1.165, 1.54) is 6.42 Å². The average molecular weight is 229 g/mol. The van der Waals surface area contributed by atoms with Gasteiger partial charge in [-0.1, -0.05) is 0 Å². The molecule has 94 valence electrons. The molecule has 0 radical (unpaired) electrons. The summed E-state index contributed by atoms with van der Waals surface area (Å²) < 4.78 is 10.5. The van der Waals surface area contributed by atoms with Gasteiger partial charge in [0.2, 0.25) is 0 Å². The predicted molar refractivity (Wildman–Crippen MR) is 64.6 cm³/mol. The smallest absolute Gasteiger partial charge is 0.188 e. The minimum Gasteiger partial charge on any atom is -0.383 e. The van der Waals surface area contributed by atoms with E-state index in [1.54, 1.807) is 7.11 Å². The molecule has 1 saturated heterocycles. The van der Waals surface area contributed by atoms with E-state index < -0.39 is 0 Å². The Kier molecular flexibility index (Phi) is 6.18. The first-order valence-corrected chi connectivity index (χ1v) is 5.89. The zero-order valence-electron chi connectivity index (χ0n) is 10.2. The Morgan fingerprint density at radius 1 is 1.69 bits per heavy atom. The molecule has 0 saturated carbocycles. The van der Waals surface area contributed by atoms with Gasteiger partial charge in [0.05, 0.1) is 12.7 Å². The van der Waals surface area contributed by atoms with E-state index in [4.69, 9.17) is 15.2 Å². The van der Waals surface area contributed by atoms with Gasteiger partial charge < -0.3 is 20.5 Å². The Labute approximate surface area is 97.4 Å². The van der Waals surface area contributed by atoms with Crippen molar-refractivity contribution >= 4 is 5.96 Å². The fraction of sp³-hybridized carbons (Fsp3) is 0.909. The minimum atomic E-state index is 0.191. The molecule has 0 aromatic heterocycles. The SMILES string of the molecule is COCC(C)NC(N)=NCCC1CCCO1. The van der Waals surface area contributed by atoms with Crippen molar-refractivity contribution in [3.05, 3.63) is 0 Å². The number of guanidine groups is 1. The van der Waals surface area contributed by atoms with Gasteiger partial charge in [-0.05, 0) is 26.2 Å². The van der Waals surface area contributed by atoms with Crippen LogP contribution in [0.2, 0.25) is 0 Å². The number of nitrogens with one attached hydrogen (secondary N) is 1. The van der Waals surface area contributed by atoms with E-state index >= 15 is 0 Å². The Hall–Kier alpha value is -0.810. The highest BCUT2D eigenvalue weighted by Gasteiger charge is 2.14. The second kappa shape index (κ2) is 7.46. The molecule has 0 aromatic rings. The van der Waals surface area contributed by atoms with E-state index in [-0.39, 0.29) is 6.04 Å². The molecule has 3 N–H and O–H groups in total. The van der Waals surface area contributed by atoms with Crippen LogP contribution in [0.3, 0.4) is 0 Å². The maximum atomic E-state index is 5.73. The normalized spacial score (nSPS) is 23.4. The van der Waals surface area contributed by atoms with Crippen LogP contribution >= 0.6 is 0 Å². The highest BCUT2D eigenvalue weighted by molar-refractivity contribution is 5.78. The van der Waals surface area contributed by atoms with Crippen LogP contribution in [0.1, 0.15) is 26.2 Å². The van der Waals surface area contributed by atoms with E-state index in [1.807, 2.05) is 6.92 Å². The third-order valence-electron chi connectivity index (χ3n) is 2.57. The van der Waals surface area contributed by atoms with Crippen LogP contribution in [-0.4, -0.2) is 45.0 Å². The first kappa shape index (κ1) is 13.3. The van der Waals surface area contributed by atoms with Crippen molar-refractivity contribution < 1.29 is 9.47 Å². The fourth-order valence-electron chi connectivity index (χ4n) is 1.79. The van der Waals surface area contributed by atoms with E-state index in [9.17, 15) is 0 Å². The summed E-state index contributed by atoms with van der Waals surface area (Å²) in [7, 11) is 1.67. The first-order chi connectivity index (χ1) is 7.72. The molecule has 1 aliphatic heterocycles. The van der Waals surface area contributed by atoms with Crippen molar-refractivity contribution in [1.29, 1.82) is 0 Å². The van der Waals surface area contributed by atoms with Gasteiger partial charge in [0.25, 0.3) is 0 Å². The van der Waals surface area contributed by atoms with Crippen molar-refractivity contribution in [1.82, 2.24) is 5.32 Å². The van der Waals surface area contributed by atoms with Crippen LogP contribution in [0.25, 0.3) is 0 Å². The van der Waals surface area contributed by atoms with Crippen LogP contribution in [0.15, 0.2) is 4.99 Å². The van der Waals surface area contributed by atoms with Crippen molar-refractivity contribution in [2.24, 2.45) is 10.7 Å². The molecule has 1 aliphatic rings. The van der Waals surface area contributed by atoms with Crippen LogP contribution in [0, 0.1) is 0 Å². The maximum absolute atomic E-state index is 5.73. The zero-order chi connectivity index (χ0) is 11.8. The van der Waals surface area contributed by atoms with E-state index in [2.05, 4.69) is 10.3 Å². The number of aliphatic imine (C=N–C) groups is 1. The van der Waals surface area contributed by atoms with Crippen molar-refractivity contribution in [3.63, 3.8) is 0 Å².